The van der Waals surface area contributed by atoms with Crippen LogP contribution in [0.5, 0.6) is 11.5 Å². The van der Waals surface area contributed by atoms with E-state index in [0.717, 1.165) is 6.42 Å². The lowest BCUT2D eigenvalue weighted by molar-refractivity contribution is -0.139. The van der Waals surface area contributed by atoms with Crippen LogP contribution in [0.25, 0.3) is 0 Å². The van der Waals surface area contributed by atoms with E-state index >= 15 is 0 Å². The summed E-state index contributed by atoms with van der Waals surface area (Å²) < 4.78 is 17.1. The smallest absolute Gasteiger partial charge is 0.338 e. The number of primary amides is 1. The molecule has 0 radical (unpaired) electrons. The molecule has 1 aromatic carbocycles. The summed E-state index contributed by atoms with van der Waals surface area (Å²) in [6.45, 7) is 5.76. The van der Waals surface area contributed by atoms with Crippen molar-refractivity contribution in [2.24, 2.45) is 5.73 Å². The van der Waals surface area contributed by atoms with Crippen LogP contribution < -0.4 is 25.8 Å². The van der Waals surface area contributed by atoms with Gasteiger partial charge in [-0.3, -0.25) is 4.79 Å². The number of hydrogen-bond acceptors (Lipinski definition) is 6. The van der Waals surface area contributed by atoms with Crippen molar-refractivity contribution in [1.29, 1.82) is 0 Å². The van der Waals surface area contributed by atoms with Crippen LogP contribution in [-0.4, -0.2) is 37.7 Å². The average molecular weight is 531 g/mol. The number of esters is 1. The third-order valence-corrected chi connectivity index (χ3v) is 4.97. The summed E-state index contributed by atoms with van der Waals surface area (Å²) in [5, 5.41) is 5.52. The minimum atomic E-state index is -0.725. The molecule has 4 N–H and O–H groups in total. The summed E-state index contributed by atoms with van der Waals surface area (Å²) in [7, 11) is 0. The van der Waals surface area contributed by atoms with Crippen molar-refractivity contribution in [2.75, 3.05) is 19.8 Å². The number of hydrogen-bond donors (Lipinski definition) is 3. The van der Waals surface area contributed by atoms with E-state index in [1.54, 1.807) is 19.1 Å². The molecule has 0 saturated heterocycles. The number of urea groups is 1. The fourth-order valence-electron chi connectivity index (χ4n) is 3.07. The van der Waals surface area contributed by atoms with Crippen molar-refractivity contribution in [1.82, 2.24) is 10.6 Å². The molecule has 0 aromatic heterocycles. The monoisotopic (exact) mass is 531 g/mol. The summed E-state index contributed by atoms with van der Waals surface area (Å²) in [4.78, 5) is 36.1. The highest BCUT2D eigenvalue weighted by molar-refractivity contribution is 14.1. The lowest BCUT2D eigenvalue weighted by Crippen LogP contribution is -2.46. The van der Waals surface area contributed by atoms with Crippen LogP contribution in [0.15, 0.2) is 23.4 Å². The second-order valence-corrected chi connectivity index (χ2v) is 7.57. The molecular formula is C20H26IN3O6. The first-order valence-electron chi connectivity index (χ1n) is 9.67. The van der Waals surface area contributed by atoms with Crippen LogP contribution in [0, 0.1) is 3.57 Å². The highest BCUT2D eigenvalue weighted by Gasteiger charge is 2.34. The Bertz CT molecular complexity index is 855. The van der Waals surface area contributed by atoms with Crippen LogP contribution in [0.4, 0.5) is 4.79 Å². The number of carbonyl (C=O) groups is 3. The van der Waals surface area contributed by atoms with Gasteiger partial charge in [-0.15, -0.1) is 0 Å². The number of carbonyl (C=O) groups excluding carboxylic acids is 3. The molecule has 1 heterocycles. The number of benzene rings is 1. The van der Waals surface area contributed by atoms with Gasteiger partial charge in [-0.2, -0.15) is 0 Å². The molecule has 1 aliphatic heterocycles. The topological polar surface area (TPSA) is 129 Å². The molecule has 10 heteroatoms. The van der Waals surface area contributed by atoms with Gasteiger partial charge in [-0.1, -0.05) is 13.3 Å². The quantitative estimate of drug-likeness (QED) is 0.315. The zero-order valence-corrected chi connectivity index (χ0v) is 19.3. The highest BCUT2D eigenvalue weighted by Crippen LogP contribution is 2.39. The molecular weight excluding hydrogens is 505 g/mol. The molecule has 0 bridgehead atoms. The van der Waals surface area contributed by atoms with E-state index in [1.807, 2.05) is 36.4 Å². The maximum absolute atomic E-state index is 12.7. The number of ether oxygens (including phenoxy) is 3. The van der Waals surface area contributed by atoms with E-state index in [1.165, 1.54) is 0 Å². The SMILES string of the molecule is CCCC1=C(C(=O)OCC)C(c2cc(I)c(OCC(N)=O)c(OCC)c2)NC(=O)N1. The standard InChI is InChI=1S/C20H26IN3O6/c1-4-7-13-16(19(26)29-6-3)17(24-20(27)23-13)11-8-12(21)18(30-10-15(22)25)14(9-11)28-5-2/h8-9,17H,4-7,10H2,1-3H3,(H2,22,25)(H2,23,24,27). The van der Waals surface area contributed by atoms with Crippen molar-refractivity contribution in [3.63, 3.8) is 0 Å². The van der Waals surface area contributed by atoms with Gasteiger partial charge >= 0.3 is 12.0 Å². The second kappa shape index (κ2) is 11.0. The lowest BCUT2D eigenvalue weighted by Gasteiger charge is -2.30. The Balaban J connectivity index is 2.57. The third kappa shape index (κ3) is 5.77. The van der Waals surface area contributed by atoms with Gasteiger partial charge in [0.25, 0.3) is 5.91 Å². The van der Waals surface area contributed by atoms with E-state index in [2.05, 4.69) is 10.6 Å². The van der Waals surface area contributed by atoms with Gasteiger partial charge in [0.15, 0.2) is 18.1 Å². The van der Waals surface area contributed by atoms with Crippen molar-refractivity contribution >= 4 is 40.5 Å². The molecule has 1 aromatic rings. The minimum absolute atomic E-state index is 0.212. The third-order valence-electron chi connectivity index (χ3n) is 4.17. The molecule has 1 aliphatic rings. The average Bonchev–Trinajstić information content (AvgIpc) is 2.67. The van der Waals surface area contributed by atoms with Crippen LogP contribution in [0.2, 0.25) is 0 Å². The molecule has 2 rings (SSSR count). The number of rotatable bonds is 10. The van der Waals surface area contributed by atoms with E-state index in [-0.39, 0.29) is 13.2 Å². The van der Waals surface area contributed by atoms with Crippen molar-refractivity contribution in [3.05, 3.63) is 32.5 Å². The first kappa shape index (κ1) is 23.8. The van der Waals surface area contributed by atoms with E-state index in [9.17, 15) is 14.4 Å². The maximum Gasteiger partial charge on any atom is 0.338 e. The Morgan fingerprint density at radius 1 is 1.17 bits per heavy atom. The van der Waals surface area contributed by atoms with Crippen molar-refractivity contribution < 1.29 is 28.6 Å². The molecule has 30 heavy (non-hydrogen) atoms. The Morgan fingerprint density at radius 3 is 2.50 bits per heavy atom. The first-order chi connectivity index (χ1) is 14.3. The predicted molar refractivity (Wildman–Crippen MR) is 118 cm³/mol. The van der Waals surface area contributed by atoms with Crippen LogP contribution in [0.1, 0.15) is 45.2 Å². The van der Waals surface area contributed by atoms with Gasteiger partial charge in [0, 0.05) is 5.70 Å². The van der Waals surface area contributed by atoms with Crippen molar-refractivity contribution in [3.8, 4) is 11.5 Å². The molecule has 0 spiro atoms. The molecule has 1 unspecified atom stereocenters. The van der Waals surface area contributed by atoms with E-state index in [4.69, 9.17) is 19.9 Å². The minimum Gasteiger partial charge on any atom is -0.490 e. The highest BCUT2D eigenvalue weighted by atomic mass is 127. The Morgan fingerprint density at radius 2 is 1.90 bits per heavy atom. The molecule has 0 saturated carbocycles. The summed E-state index contributed by atoms with van der Waals surface area (Å²) in [6, 6.07) is 2.32. The van der Waals surface area contributed by atoms with Crippen molar-refractivity contribution in [2.45, 2.75) is 39.7 Å². The predicted octanol–water partition coefficient (Wildman–Crippen LogP) is 2.53. The normalized spacial score (nSPS) is 15.9. The molecule has 0 fully saturated rings. The second-order valence-electron chi connectivity index (χ2n) is 6.41. The van der Waals surface area contributed by atoms with E-state index in [0.29, 0.717) is 44.9 Å². The van der Waals surface area contributed by atoms with Crippen LogP contribution in [-0.2, 0) is 14.3 Å². The van der Waals surface area contributed by atoms with Crippen LogP contribution >= 0.6 is 22.6 Å². The van der Waals surface area contributed by atoms with E-state index < -0.39 is 23.9 Å². The number of nitrogens with one attached hydrogen (secondary N) is 2. The largest absolute Gasteiger partial charge is 0.490 e. The molecule has 1 atom stereocenters. The van der Waals surface area contributed by atoms with Gasteiger partial charge in [-0.25, -0.2) is 9.59 Å². The van der Waals surface area contributed by atoms with Gasteiger partial charge in [0.2, 0.25) is 0 Å². The lowest BCUT2D eigenvalue weighted by atomic mass is 9.93. The fraction of sp³-hybridized carbons (Fsp3) is 0.450. The zero-order valence-electron chi connectivity index (χ0n) is 17.2. The summed E-state index contributed by atoms with van der Waals surface area (Å²) in [5.74, 6) is -0.357. The fourth-order valence-corrected chi connectivity index (χ4v) is 3.85. The van der Waals surface area contributed by atoms with Gasteiger partial charge < -0.3 is 30.6 Å². The Labute approximate surface area is 188 Å². The maximum atomic E-state index is 12.7. The summed E-state index contributed by atoms with van der Waals surface area (Å²) in [6.07, 6.45) is 1.26. The number of nitrogens with two attached hydrogens (primary N) is 1. The Hall–Kier alpha value is -2.50. The van der Waals surface area contributed by atoms with Gasteiger partial charge in [-0.05, 0) is 60.6 Å². The molecule has 0 aliphatic carbocycles. The zero-order chi connectivity index (χ0) is 22.3. The molecule has 9 nitrogen and oxygen atoms in total. The summed E-state index contributed by atoms with van der Waals surface area (Å²) in [5.41, 5.74) is 6.69. The Kier molecular flexibility index (Phi) is 8.75. The van der Waals surface area contributed by atoms with Crippen LogP contribution in [0.3, 0.4) is 0 Å². The number of halogens is 1. The van der Waals surface area contributed by atoms with Gasteiger partial charge in [0.05, 0.1) is 28.4 Å². The first-order valence-corrected chi connectivity index (χ1v) is 10.7. The number of allylic oxidation sites excluding steroid dienone is 1. The number of amides is 3. The summed E-state index contributed by atoms with van der Waals surface area (Å²) >= 11 is 2.04. The van der Waals surface area contributed by atoms with Gasteiger partial charge in [0.1, 0.15) is 0 Å². The molecule has 3 amide bonds. The molecule has 164 valence electrons.